The van der Waals surface area contributed by atoms with Gasteiger partial charge in [0.1, 0.15) is 5.75 Å². The molecule has 0 atom stereocenters. The third kappa shape index (κ3) is 9.17. The van der Waals surface area contributed by atoms with Crippen LogP contribution in [0.2, 0.25) is 0 Å². The molecule has 0 spiro atoms. The third-order valence-electron chi connectivity index (χ3n) is 7.35. The fourth-order valence-corrected chi connectivity index (χ4v) is 6.68. The molecule has 0 unspecified atom stereocenters. The van der Waals surface area contributed by atoms with Crippen LogP contribution in [-0.2, 0) is 19.7 Å². The summed E-state index contributed by atoms with van der Waals surface area (Å²) in [6, 6.07) is 17.2. The van der Waals surface area contributed by atoms with Crippen molar-refractivity contribution in [2.24, 2.45) is 0 Å². The summed E-state index contributed by atoms with van der Waals surface area (Å²) in [6.07, 6.45) is 7.66. The highest BCUT2D eigenvalue weighted by Gasteiger charge is 2.30. The molecule has 0 saturated carbocycles. The molecule has 0 amide bonds. The van der Waals surface area contributed by atoms with Crippen LogP contribution in [0.1, 0.15) is 62.6 Å². The molecule has 0 radical (unpaired) electrons. The van der Waals surface area contributed by atoms with Crippen LogP contribution in [0.5, 0.6) is 23.0 Å². The quantitative estimate of drug-likeness (QED) is 0.0804. The highest BCUT2D eigenvalue weighted by Crippen LogP contribution is 2.38. The number of phenolic OH excluding ortho intramolecular Hbond substituents is 4. The van der Waals surface area contributed by atoms with Crippen LogP contribution in [0.15, 0.2) is 94.7 Å². The Morgan fingerprint density at radius 3 is 1.50 bits per heavy atom. The number of allylic oxidation sites excluding steroid dienone is 2. The van der Waals surface area contributed by atoms with E-state index in [4.69, 9.17) is 16.8 Å². The van der Waals surface area contributed by atoms with Gasteiger partial charge >= 0.3 is 11.4 Å². The summed E-state index contributed by atoms with van der Waals surface area (Å²) >= 11 is 0. The van der Waals surface area contributed by atoms with Crippen molar-refractivity contribution in [3.05, 3.63) is 129 Å². The lowest BCUT2D eigenvalue weighted by Gasteiger charge is -2.10. The molecule has 0 bridgehead atoms. The number of carbonyl (C=O) groups is 3. The van der Waals surface area contributed by atoms with Gasteiger partial charge in [0, 0.05) is 52.5 Å². The molecular weight excluding hydrogens is 741 g/mol. The lowest BCUT2D eigenvalue weighted by Crippen LogP contribution is -2.19. The molecule has 54 heavy (non-hydrogen) atoms. The number of sulfone groups is 2. The van der Waals surface area contributed by atoms with Crippen LogP contribution in [0.4, 0.5) is 0 Å². The van der Waals surface area contributed by atoms with E-state index in [9.17, 15) is 31.2 Å². The van der Waals surface area contributed by atoms with Crippen LogP contribution in [0, 0.1) is 0 Å². The first-order valence-electron chi connectivity index (χ1n) is 16.1. The van der Waals surface area contributed by atoms with Gasteiger partial charge in [-0.05, 0) is 60.7 Å². The van der Waals surface area contributed by atoms with E-state index in [0.29, 0.717) is 11.1 Å². The molecule has 0 aromatic heterocycles. The minimum atomic E-state index is -3.40. The van der Waals surface area contributed by atoms with Crippen LogP contribution in [0.25, 0.3) is 23.2 Å². The molecule has 6 rings (SSSR count). The zero-order chi connectivity index (χ0) is 41.4. The smallest absolute Gasteiger partial charge is 0.362 e. The zero-order valence-corrected chi connectivity index (χ0v) is 28.5. The number of hydrogen-bond acceptors (Lipinski definition) is 11. The number of nitrogens with zero attached hydrogens (tertiary/aromatic N) is 4. The summed E-state index contributed by atoms with van der Waals surface area (Å²) < 4.78 is 73.7. The normalized spacial score (nSPS) is 13.2. The summed E-state index contributed by atoms with van der Waals surface area (Å²) in [5.74, 6) is -2.04. The van der Waals surface area contributed by atoms with E-state index in [-0.39, 0.29) is 81.3 Å². The topological polar surface area (TPSA) is 273 Å². The fraction of sp³-hybridized carbons (Fsp3) is 0.108. The molecule has 4 aromatic rings. The Balaban J connectivity index is 0.000000298. The molecule has 2 aliphatic carbocycles. The maximum Gasteiger partial charge on any atom is 0.362 e. The number of carbonyl (C=O) groups excluding carboxylic acids is 3. The van der Waals surface area contributed by atoms with Crippen LogP contribution >= 0.6 is 0 Å². The summed E-state index contributed by atoms with van der Waals surface area (Å²) in [4.78, 5) is 41.9. The average Bonchev–Trinajstić information content (AvgIpc) is 3.19. The van der Waals surface area contributed by atoms with Crippen LogP contribution in [0.3, 0.4) is 0 Å². The van der Waals surface area contributed by atoms with Gasteiger partial charge in [0.2, 0.25) is 5.75 Å². The first-order chi connectivity index (χ1) is 26.6. The van der Waals surface area contributed by atoms with Gasteiger partial charge in [-0.1, -0.05) is 39.1 Å². The standard InChI is InChI=1S/C13H10O5.2C11H8N2O3S.2CH4/c14-8-3-1-7(2-4-8)11(16)9-5-6-10(15)13(18)12(9)17;2*1-17(15,16)10-4-2-3-8-7(10)5-6-9(13-12)11(8)14;;/h1-6,14-15,17-18H;2*2-6H,1H3;2*1H4/i/hD4. The summed E-state index contributed by atoms with van der Waals surface area (Å²) in [7, 11) is -6.80. The number of Topliss-reactive ketones (excluding diaryl/α,β-unsaturated/α-hetero) is 2. The molecule has 0 heterocycles. The third-order valence-corrected chi connectivity index (χ3v) is 9.66. The summed E-state index contributed by atoms with van der Waals surface area (Å²) in [6.45, 7) is 0. The van der Waals surface area contributed by atoms with E-state index >= 15 is 0 Å². The highest BCUT2D eigenvalue weighted by molar-refractivity contribution is 7.91. The Hall–Kier alpha value is -6.77. The number of benzene rings is 4. The van der Waals surface area contributed by atoms with Crippen molar-refractivity contribution in [3.63, 3.8) is 0 Å². The molecule has 2 aliphatic rings. The first kappa shape index (κ1) is 37.0. The number of hydrogen-bond donors (Lipinski definition) is 4. The van der Waals surface area contributed by atoms with Gasteiger partial charge in [-0.15, -0.1) is 0 Å². The predicted octanol–water partition coefficient (Wildman–Crippen LogP) is 4.95. The molecule has 4 N–H and O–H groups in total. The molecular formula is C37H34N4O11S2. The monoisotopic (exact) mass is 778 g/mol. The van der Waals surface area contributed by atoms with Gasteiger partial charge in [-0.3, -0.25) is 14.4 Å². The summed E-state index contributed by atoms with van der Waals surface area (Å²) in [5.41, 5.74) is 18.4. The van der Waals surface area contributed by atoms with E-state index in [0.717, 1.165) is 12.5 Å². The summed E-state index contributed by atoms with van der Waals surface area (Å²) in [5, 5.41) is 17.2. The largest absolute Gasteiger partial charge is 0.508 e. The molecule has 17 heteroatoms. The van der Waals surface area contributed by atoms with Gasteiger partial charge in [-0.25, -0.2) is 16.8 Å². The minimum Gasteiger partial charge on any atom is -0.508 e. The number of phenols is 4. The molecule has 0 saturated heterocycles. The Morgan fingerprint density at radius 2 is 1.11 bits per heavy atom. The average molecular weight is 779 g/mol. The van der Waals surface area contributed by atoms with E-state index in [2.05, 4.69) is 30.0 Å². The van der Waals surface area contributed by atoms with Gasteiger partial charge in [0.15, 0.2) is 37.0 Å². The lowest BCUT2D eigenvalue weighted by atomic mass is 9.95. The highest BCUT2D eigenvalue weighted by atomic mass is 32.2. The van der Waals surface area contributed by atoms with Crippen molar-refractivity contribution < 1.29 is 61.2 Å². The lowest BCUT2D eigenvalue weighted by molar-refractivity contribution is -0.00459. The second-order valence-corrected chi connectivity index (χ2v) is 14.9. The van der Waals surface area contributed by atoms with Gasteiger partial charge in [0.25, 0.3) is 17.3 Å². The minimum absolute atomic E-state index is 0. The molecule has 0 fully saturated rings. The maximum atomic E-state index is 12.4. The van der Waals surface area contributed by atoms with E-state index in [1.165, 1.54) is 97.1 Å². The SMILES string of the molecule is C.C.CS(=O)(=O)c1cccc2c1C=CC(=[N+]=[N-])C2=O.CS(=O)(=O)c1cccc2c1C=CC(=[N+]=[N-])C2=O.[2H]Oc1ccc(C(=O)c2ccc(O[2H])c(O[2H])c2O[2H])cc1. The molecule has 0 aliphatic heterocycles. The zero-order valence-electron chi connectivity index (χ0n) is 30.8. The number of aromatic hydroxyl groups is 4. The van der Waals surface area contributed by atoms with Gasteiger partial charge in [0.05, 0.1) is 15.4 Å². The second-order valence-electron chi connectivity index (χ2n) is 10.9. The maximum absolute atomic E-state index is 12.4. The predicted molar refractivity (Wildman–Crippen MR) is 200 cm³/mol. The van der Waals surface area contributed by atoms with E-state index in [1.807, 2.05) is 0 Å². The van der Waals surface area contributed by atoms with Crippen molar-refractivity contribution >= 4 is 60.6 Å². The van der Waals surface area contributed by atoms with Crippen LogP contribution < -0.4 is 0 Å². The molecule has 280 valence electrons. The fourth-order valence-electron chi connectivity index (χ4n) is 4.87. The van der Waals surface area contributed by atoms with E-state index in [1.54, 1.807) is 0 Å². The van der Waals surface area contributed by atoms with Crippen molar-refractivity contribution in [1.82, 2.24) is 0 Å². The van der Waals surface area contributed by atoms with Crippen molar-refractivity contribution in [3.8, 4) is 23.0 Å². The number of ketones is 3. The Bertz CT molecular complexity index is 2530. The van der Waals surface area contributed by atoms with Crippen molar-refractivity contribution in [2.45, 2.75) is 24.6 Å². The van der Waals surface area contributed by atoms with Gasteiger partial charge < -0.3 is 31.5 Å². The van der Waals surface area contributed by atoms with Crippen molar-refractivity contribution in [2.75, 3.05) is 12.5 Å². The van der Waals surface area contributed by atoms with Gasteiger partial charge in [-0.2, -0.15) is 9.58 Å². The van der Waals surface area contributed by atoms with E-state index < -0.39 is 37.0 Å². The molecule has 15 nitrogen and oxygen atoms in total. The second kappa shape index (κ2) is 17.2. The van der Waals surface area contributed by atoms with Crippen LogP contribution in [-0.4, -0.2) is 93.9 Å². The Kier molecular flexibility index (Phi) is 11.8. The number of rotatable bonds is 8. The Labute approximate surface area is 316 Å². The van der Waals surface area contributed by atoms with Crippen molar-refractivity contribution in [1.29, 1.82) is 5.72 Å². The Morgan fingerprint density at radius 1 is 0.630 bits per heavy atom. The molecule has 4 aromatic carbocycles. The number of fused-ring (bicyclic) bond motifs is 2. The first-order valence-corrected chi connectivity index (χ1v) is 18.2.